The summed E-state index contributed by atoms with van der Waals surface area (Å²) in [6.45, 7) is 2.82. The Balaban J connectivity index is 0.00000135. The number of fused-ring (bicyclic) bond motifs is 1. The summed E-state index contributed by atoms with van der Waals surface area (Å²) in [6.07, 6.45) is -6.88. The number of imidazole rings is 1. The van der Waals surface area contributed by atoms with Crippen molar-refractivity contribution in [3.8, 4) is 0 Å². The van der Waals surface area contributed by atoms with Crippen molar-refractivity contribution in [1.29, 1.82) is 0 Å². The van der Waals surface area contributed by atoms with Gasteiger partial charge in [-0.05, 0) is 0 Å². The molecule has 0 spiro atoms. The maximum absolute atomic E-state index is 12.6. The van der Waals surface area contributed by atoms with Gasteiger partial charge in [0, 0.05) is 44.5 Å². The highest BCUT2D eigenvalue weighted by atomic mass is 32.2. The highest BCUT2D eigenvalue weighted by molar-refractivity contribution is 8.13. The zero-order valence-corrected chi connectivity index (χ0v) is 35.5. The molecule has 336 valence electrons. The molecular weight excluding hydrogens is 906 g/mol. The van der Waals surface area contributed by atoms with Crippen LogP contribution in [0.25, 0.3) is 11.2 Å². The molecule has 12 N–H and O–H groups in total. The topological polar surface area (TPSA) is 447 Å². The number of nitrogens with zero attached hydrogens (tertiary/aromatic N) is 4. The van der Waals surface area contributed by atoms with Crippen LogP contribution < -0.4 is 16.4 Å². The molecule has 1 aliphatic heterocycles. The molecule has 1 aliphatic rings. The number of anilines is 1. The van der Waals surface area contributed by atoms with Crippen LogP contribution in [0.15, 0.2) is 12.7 Å². The quantitative estimate of drug-likeness (QED) is 0.0522. The normalized spacial score (nSPS) is 21.0. The van der Waals surface area contributed by atoms with Crippen LogP contribution in [-0.4, -0.2) is 138 Å². The highest BCUT2D eigenvalue weighted by Crippen LogP contribution is 2.61. The summed E-state index contributed by atoms with van der Waals surface area (Å²) in [4.78, 5) is 111. The van der Waals surface area contributed by atoms with E-state index in [0.29, 0.717) is 5.75 Å². The monoisotopic (exact) mass is 949 g/mol. The van der Waals surface area contributed by atoms with Crippen molar-refractivity contribution in [2.24, 2.45) is 5.41 Å². The summed E-state index contributed by atoms with van der Waals surface area (Å²) in [6, 6.07) is 0. The third-order valence-electron chi connectivity index (χ3n) is 7.05. The Morgan fingerprint density at radius 2 is 1.59 bits per heavy atom. The minimum atomic E-state index is -5.56. The first-order valence-corrected chi connectivity index (χ1v) is 23.3. The van der Waals surface area contributed by atoms with Gasteiger partial charge in [0.1, 0.15) is 36.3 Å². The fraction of sp³-hybridized carbons (Fsp3) is 0.640. The highest BCUT2D eigenvalue weighted by Gasteiger charge is 2.50. The van der Waals surface area contributed by atoms with E-state index in [1.165, 1.54) is 20.8 Å². The SMILES string of the molecule is CC(=O)OP(=O)(O)O.CC(=O)SCCNC(=O)CCNC(=O)C(O)C(C)(C)COP(=O)(O)OP(=O)(O)OC[C@H]1O[C@@H](n2cnc3c(N)ncnc32)[C@H](O)[C@@H]1OP(=O)(O)O. The first-order valence-electron chi connectivity index (χ1n) is 16.2. The van der Waals surface area contributed by atoms with Crippen molar-refractivity contribution < 1.29 is 104 Å². The predicted octanol–water partition coefficient (Wildman–Crippen LogP) is -1.67. The number of aromatic nitrogens is 4. The molecule has 0 radical (unpaired) electrons. The molecule has 0 aliphatic carbocycles. The number of rotatable bonds is 20. The van der Waals surface area contributed by atoms with Gasteiger partial charge in [-0.3, -0.25) is 47.1 Å². The molecule has 34 heteroatoms. The second kappa shape index (κ2) is 21.8. The lowest BCUT2D eigenvalue weighted by atomic mass is 9.87. The number of phosphoric ester groups is 4. The Hall–Kier alpha value is -2.82. The molecule has 0 aromatic carbocycles. The van der Waals surface area contributed by atoms with Crippen molar-refractivity contribution in [2.75, 3.05) is 37.8 Å². The predicted molar refractivity (Wildman–Crippen MR) is 197 cm³/mol. The van der Waals surface area contributed by atoms with E-state index in [2.05, 4.69) is 38.9 Å². The zero-order chi connectivity index (χ0) is 45.1. The van der Waals surface area contributed by atoms with Crippen LogP contribution in [0.5, 0.6) is 0 Å². The second-order valence-corrected chi connectivity index (χ2v) is 19.2. The Morgan fingerprint density at radius 3 is 2.15 bits per heavy atom. The first kappa shape index (κ1) is 52.3. The number of nitrogens with one attached hydrogen (secondary N) is 2. The van der Waals surface area contributed by atoms with Gasteiger partial charge in [-0.2, -0.15) is 4.31 Å². The van der Waals surface area contributed by atoms with E-state index in [0.717, 1.165) is 35.9 Å². The second-order valence-electron chi connectivity index (χ2n) is 12.5. The van der Waals surface area contributed by atoms with E-state index in [1.54, 1.807) is 0 Å². The molecule has 29 nitrogen and oxygen atoms in total. The molecule has 0 bridgehead atoms. The molecule has 3 rings (SSSR count). The lowest BCUT2D eigenvalue weighted by molar-refractivity contribution is -0.137. The molecule has 59 heavy (non-hydrogen) atoms. The van der Waals surface area contributed by atoms with Gasteiger partial charge in [0.15, 0.2) is 22.8 Å². The minimum absolute atomic E-state index is 0.0310. The fourth-order valence-corrected chi connectivity index (χ4v) is 8.15. The molecule has 3 heterocycles. The lowest BCUT2D eigenvalue weighted by Crippen LogP contribution is -2.46. The third-order valence-corrected chi connectivity index (χ3v) is 11.5. The molecule has 0 saturated carbocycles. The number of phosphoric acid groups is 4. The molecular formula is C25H43N7O22P4S. The third kappa shape index (κ3) is 18.4. The Morgan fingerprint density at radius 1 is 0.966 bits per heavy atom. The number of nitrogens with two attached hydrogens (primary N) is 1. The van der Waals surface area contributed by atoms with Crippen molar-refractivity contribution >= 4 is 82.9 Å². The number of carbonyl (C=O) groups excluding carboxylic acids is 4. The average Bonchev–Trinajstić information content (AvgIpc) is 3.63. The minimum Gasteiger partial charge on any atom is -0.386 e. The van der Waals surface area contributed by atoms with E-state index in [-0.39, 0.29) is 41.6 Å². The smallest absolute Gasteiger partial charge is 0.386 e. The van der Waals surface area contributed by atoms with Crippen LogP contribution in [0.1, 0.15) is 40.3 Å². The van der Waals surface area contributed by atoms with Crippen LogP contribution in [0.3, 0.4) is 0 Å². The Bertz CT molecular complexity index is 2000. The number of aliphatic hydroxyl groups is 2. The van der Waals surface area contributed by atoms with Gasteiger partial charge in [-0.15, -0.1) is 0 Å². The van der Waals surface area contributed by atoms with Gasteiger partial charge in [0.2, 0.25) is 11.8 Å². The summed E-state index contributed by atoms with van der Waals surface area (Å²) in [5, 5.41) is 26.1. The number of hydrogen-bond donors (Lipinski definition) is 11. The number of aliphatic hydroxyl groups excluding tert-OH is 2. The standard InChI is InChI=1S/C23H38N7O17P3S.C2H5O5P/c1-12(31)51-7-6-25-14(32)4-5-26-21(35)18(34)23(2,3)9-44-50(41,42)47-49(39,40)43-8-13-17(46-48(36,37)38)16(33)22(45-13)30-11-29-15-19(24)27-10-28-20(15)30;1-2(3)7-8(4,5)6/h10-11,13,16-18,22,33-34H,4-9H2,1-3H3,(H,25,32)(H,26,35)(H,39,40)(H,41,42)(H2,24,27,28)(H2,36,37,38);1H3,(H2,4,5,6)/t13-,16-,17-,18?,22-;/m1./s1. The molecule has 2 aromatic heterocycles. The maximum atomic E-state index is 12.6. The maximum Gasteiger partial charge on any atom is 0.526 e. The summed E-state index contributed by atoms with van der Waals surface area (Å²) >= 11 is 1.03. The number of ether oxygens (including phenoxy) is 1. The van der Waals surface area contributed by atoms with Crippen LogP contribution in [0.2, 0.25) is 0 Å². The first-order chi connectivity index (χ1) is 26.9. The summed E-state index contributed by atoms with van der Waals surface area (Å²) in [5.74, 6) is -2.07. The largest absolute Gasteiger partial charge is 0.526 e. The van der Waals surface area contributed by atoms with Crippen molar-refractivity contribution in [1.82, 2.24) is 30.2 Å². The number of amides is 2. The summed E-state index contributed by atoms with van der Waals surface area (Å²) in [7, 11) is -20.9. The van der Waals surface area contributed by atoms with Gasteiger partial charge in [-0.1, -0.05) is 25.6 Å². The van der Waals surface area contributed by atoms with E-state index < -0.39 is 98.3 Å². The van der Waals surface area contributed by atoms with Crippen LogP contribution in [-0.2, 0) is 64.6 Å². The Kier molecular flexibility index (Phi) is 19.3. The lowest BCUT2D eigenvalue weighted by Gasteiger charge is -2.30. The summed E-state index contributed by atoms with van der Waals surface area (Å²) in [5.41, 5.74) is 4.26. The van der Waals surface area contributed by atoms with Gasteiger partial charge >= 0.3 is 37.3 Å². The number of thioether (sulfide) groups is 1. The average molecular weight is 950 g/mol. The molecule has 2 amide bonds. The molecule has 2 aromatic rings. The van der Waals surface area contributed by atoms with Gasteiger partial charge in [-0.25, -0.2) is 33.2 Å². The number of nitrogen functional groups attached to an aromatic ring is 1. The fourth-order valence-electron chi connectivity index (χ4n) is 4.49. The molecule has 1 saturated heterocycles. The van der Waals surface area contributed by atoms with Gasteiger partial charge in [0.05, 0.1) is 19.5 Å². The molecule has 3 unspecified atom stereocenters. The van der Waals surface area contributed by atoms with Crippen LogP contribution in [0.4, 0.5) is 5.82 Å². The van der Waals surface area contributed by atoms with Crippen LogP contribution in [0, 0.1) is 5.41 Å². The number of hydrogen-bond acceptors (Lipinski definition) is 21. The van der Waals surface area contributed by atoms with Crippen LogP contribution >= 0.6 is 43.1 Å². The van der Waals surface area contributed by atoms with E-state index in [1.807, 2.05) is 0 Å². The van der Waals surface area contributed by atoms with E-state index in [9.17, 15) is 67.2 Å². The van der Waals surface area contributed by atoms with E-state index in [4.69, 9.17) is 29.3 Å². The molecule has 7 atom stereocenters. The van der Waals surface area contributed by atoms with Crippen molar-refractivity contribution in [2.45, 2.75) is 64.8 Å². The summed E-state index contributed by atoms with van der Waals surface area (Å²) < 4.78 is 75.0. The van der Waals surface area contributed by atoms with Crippen molar-refractivity contribution in [3.05, 3.63) is 12.7 Å². The Labute approximate surface area is 337 Å². The van der Waals surface area contributed by atoms with Gasteiger partial charge in [0.25, 0.3) is 0 Å². The van der Waals surface area contributed by atoms with Gasteiger partial charge < -0.3 is 55.4 Å². The zero-order valence-electron chi connectivity index (χ0n) is 31.1. The van der Waals surface area contributed by atoms with E-state index >= 15 is 0 Å². The number of carbonyl (C=O) groups is 4. The van der Waals surface area contributed by atoms with Crippen molar-refractivity contribution in [3.63, 3.8) is 0 Å². The molecule has 1 fully saturated rings.